The van der Waals surface area contributed by atoms with Crippen molar-refractivity contribution in [1.82, 2.24) is 29.4 Å². The predicted molar refractivity (Wildman–Crippen MR) is 122 cm³/mol. The van der Waals surface area contributed by atoms with Crippen LogP contribution in [0, 0.1) is 0 Å². The monoisotopic (exact) mass is 481 g/mol. The number of pyridine rings is 1. The lowest BCUT2D eigenvalue weighted by Crippen LogP contribution is -2.37. The molecule has 11 heteroatoms. The van der Waals surface area contributed by atoms with Crippen molar-refractivity contribution in [2.45, 2.75) is 38.0 Å². The van der Waals surface area contributed by atoms with Crippen LogP contribution in [0.1, 0.15) is 51.9 Å². The first-order valence-corrected chi connectivity index (χ1v) is 11.1. The fourth-order valence-electron chi connectivity index (χ4n) is 4.45. The number of alkyl halides is 3. The van der Waals surface area contributed by atoms with E-state index in [1.54, 1.807) is 47.1 Å². The number of carbonyl (C=O) groups is 1. The average Bonchev–Trinajstić information content (AvgIpc) is 3.14. The largest absolute Gasteiger partial charge is 0.417 e. The Labute approximate surface area is 198 Å². The van der Waals surface area contributed by atoms with Crippen molar-refractivity contribution in [1.29, 1.82) is 0 Å². The van der Waals surface area contributed by atoms with Gasteiger partial charge in [-0.05, 0) is 49.6 Å². The van der Waals surface area contributed by atoms with Crippen molar-refractivity contribution in [3.8, 4) is 0 Å². The Morgan fingerprint density at radius 1 is 1.17 bits per heavy atom. The molecule has 0 saturated carbocycles. The molecule has 1 aliphatic rings. The SMILES string of the molecule is Cn1c(N)nc2cc(C(=O)N(Cc3ccc(C(F)(F)F)cn3)C3CCCc4nccnc43)ccc21. The summed E-state index contributed by atoms with van der Waals surface area (Å²) in [6, 6.07) is 7.01. The van der Waals surface area contributed by atoms with Crippen molar-refractivity contribution in [2.75, 3.05) is 5.73 Å². The molecular weight excluding hydrogens is 459 g/mol. The zero-order chi connectivity index (χ0) is 24.7. The predicted octanol–water partition coefficient (Wildman–Crippen LogP) is 4.08. The van der Waals surface area contributed by atoms with Crippen LogP contribution in [0.3, 0.4) is 0 Å². The third-order valence-corrected chi connectivity index (χ3v) is 6.30. The van der Waals surface area contributed by atoms with Gasteiger partial charge in [-0.3, -0.25) is 19.7 Å². The van der Waals surface area contributed by atoms with Crippen molar-refractivity contribution >= 4 is 22.9 Å². The molecule has 0 aliphatic heterocycles. The Hall–Kier alpha value is -4.02. The first-order valence-electron chi connectivity index (χ1n) is 11.1. The molecule has 180 valence electrons. The first-order chi connectivity index (χ1) is 16.7. The van der Waals surface area contributed by atoms with Gasteiger partial charge in [0.25, 0.3) is 5.91 Å². The smallest absolute Gasteiger partial charge is 0.369 e. The maximum Gasteiger partial charge on any atom is 0.417 e. The zero-order valence-corrected chi connectivity index (χ0v) is 18.8. The second-order valence-corrected chi connectivity index (χ2v) is 8.50. The lowest BCUT2D eigenvalue weighted by molar-refractivity contribution is -0.137. The standard InChI is InChI=1S/C24H22F3N7O/c1-33-19-8-5-14(11-18(19)32-23(33)28)22(35)34(13-16-7-6-15(12-31-16)24(25,26)27)20-4-2-3-17-21(20)30-10-9-29-17/h5-12,20H,2-4,13H2,1H3,(H2,28,32). The molecule has 2 N–H and O–H groups in total. The number of rotatable bonds is 4. The van der Waals surface area contributed by atoms with Crippen molar-refractivity contribution in [2.24, 2.45) is 7.05 Å². The van der Waals surface area contributed by atoms with E-state index in [-0.39, 0.29) is 12.5 Å². The van der Waals surface area contributed by atoms with Crippen LogP contribution in [0.25, 0.3) is 11.0 Å². The molecule has 0 bridgehead atoms. The number of imidazole rings is 1. The van der Waals surface area contributed by atoms with Gasteiger partial charge in [-0.1, -0.05) is 0 Å². The number of nitrogens with two attached hydrogens (primary N) is 1. The number of amides is 1. The number of halogens is 3. The van der Waals surface area contributed by atoms with Crippen LogP contribution in [-0.4, -0.2) is 35.3 Å². The van der Waals surface area contributed by atoms with E-state index in [1.807, 2.05) is 0 Å². The second-order valence-electron chi connectivity index (χ2n) is 8.50. The molecule has 0 saturated heterocycles. The molecule has 1 unspecified atom stereocenters. The van der Waals surface area contributed by atoms with Gasteiger partial charge < -0.3 is 15.2 Å². The number of anilines is 1. The van der Waals surface area contributed by atoms with Crippen LogP contribution in [0.5, 0.6) is 0 Å². The van der Waals surface area contributed by atoms with E-state index in [0.29, 0.717) is 34.8 Å². The molecular formula is C24H22F3N7O. The number of nitrogen functional groups attached to an aromatic ring is 1. The molecule has 1 amide bonds. The second kappa shape index (κ2) is 8.64. The molecule has 8 nitrogen and oxygen atoms in total. The summed E-state index contributed by atoms with van der Waals surface area (Å²) in [6.07, 6.45) is 1.70. The van der Waals surface area contributed by atoms with Gasteiger partial charge in [-0.2, -0.15) is 13.2 Å². The number of hydrogen-bond donors (Lipinski definition) is 1. The van der Waals surface area contributed by atoms with Gasteiger partial charge in [0.05, 0.1) is 46.3 Å². The van der Waals surface area contributed by atoms with Gasteiger partial charge in [0.1, 0.15) is 0 Å². The molecule has 3 heterocycles. The summed E-state index contributed by atoms with van der Waals surface area (Å²) < 4.78 is 40.8. The topological polar surface area (TPSA) is 103 Å². The minimum atomic E-state index is -4.49. The van der Waals surface area contributed by atoms with E-state index in [9.17, 15) is 18.0 Å². The van der Waals surface area contributed by atoms with E-state index < -0.39 is 17.8 Å². The summed E-state index contributed by atoms with van der Waals surface area (Å²) in [6.45, 7) is 0.0139. The summed E-state index contributed by atoms with van der Waals surface area (Å²) in [5, 5.41) is 0. The molecule has 1 atom stereocenters. The number of nitrogens with zero attached hydrogens (tertiary/aromatic N) is 6. The van der Waals surface area contributed by atoms with E-state index in [4.69, 9.17) is 5.73 Å². The lowest BCUT2D eigenvalue weighted by atomic mass is 9.93. The van der Waals surface area contributed by atoms with Gasteiger partial charge in [0.2, 0.25) is 5.95 Å². The molecule has 0 fully saturated rings. The summed E-state index contributed by atoms with van der Waals surface area (Å²) in [4.78, 5) is 32.6. The third-order valence-electron chi connectivity index (χ3n) is 6.30. The maximum atomic E-state index is 13.8. The van der Waals surface area contributed by atoms with Gasteiger partial charge in [-0.25, -0.2) is 4.98 Å². The molecule has 0 spiro atoms. The number of fused-ring (bicyclic) bond motifs is 2. The molecule has 1 aliphatic carbocycles. The Balaban J connectivity index is 1.54. The molecule has 1 aromatic carbocycles. The van der Waals surface area contributed by atoms with Crippen LogP contribution in [0.15, 0.2) is 48.9 Å². The maximum absolute atomic E-state index is 13.8. The van der Waals surface area contributed by atoms with Crippen molar-refractivity contribution in [3.05, 3.63) is 77.1 Å². The van der Waals surface area contributed by atoms with Gasteiger partial charge >= 0.3 is 6.18 Å². The van der Waals surface area contributed by atoms with Crippen LogP contribution in [-0.2, 0) is 26.2 Å². The highest BCUT2D eigenvalue weighted by molar-refractivity contribution is 5.98. The van der Waals surface area contributed by atoms with Crippen molar-refractivity contribution < 1.29 is 18.0 Å². The molecule has 35 heavy (non-hydrogen) atoms. The molecule has 3 aromatic heterocycles. The van der Waals surface area contributed by atoms with Gasteiger partial charge in [-0.15, -0.1) is 0 Å². The number of aromatic nitrogens is 5. The van der Waals surface area contributed by atoms with Crippen LogP contribution < -0.4 is 5.73 Å². The molecule has 0 radical (unpaired) electrons. The summed E-state index contributed by atoms with van der Waals surface area (Å²) in [5.74, 6) is 0.0215. The minimum absolute atomic E-state index is 0.0139. The van der Waals surface area contributed by atoms with Crippen LogP contribution >= 0.6 is 0 Å². The fourth-order valence-corrected chi connectivity index (χ4v) is 4.45. The number of benzene rings is 1. The Kier molecular flexibility index (Phi) is 5.62. The summed E-state index contributed by atoms with van der Waals surface area (Å²) in [5.41, 5.74) is 8.66. The Bertz CT molecular complexity index is 1400. The third kappa shape index (κ3) is 4.29. The Morgan fingerprint density at radius 3 is 2.71 bits per heavy atom. The van der Waals surface area contributed by atoms with E-state index >= 15 is 0 Å². The number of hydrogen-bond acceptors (Lipinski definition) is 6. The van der Waals surface area contributed by atoms with E-state index in [1.165, 1.54) is 6.07 Å². The quantitative estimate of drug-likeness (QED) is 0.471. The zero-order valence-electron chi connectivity index (χ0n) is 18.8. The molecule has 5 rings (SSSR count). The fraction of sp³-hybridized carbons (Fsp3) is 0.292. The summed E-state index contributed by atoms with van der Waals surface area (Å²) in [7, 11) is 1.78. The highest BCUT2D eigenvalue weighted by Crippen LogP contribution is 2.35. The van der Waals surface area contributed by atoms with Crippen LogP contribution in [0.4, 0.5) is 19.1 Å². The van der Waals surface area contributed by atoms with Crippen LogP contribution in [0.2, 0.25) is 0 Å². The first kappa shape index (κ1) is 22.8. The van der Waals surface area contributed by atoms with Gasteiger partial charge in [0.15, 0.2) is 0 Å². The number of aryl methyl sites for hydroxylation is 2. The molecule has 4 aromatic rings. The van der Waals surface area contributed by atoms with E-state index in [0.717, 1.165) is 36.3 Å². The average molecular weight is 481 g/mol. The Morgan fingerprint density at radius 2 is 1.97 bits per heavy atom. The highest BCUT2D eigenvalue weighted by Gasteiger charge is 2.33. The van der Waals surface area contributed by atoms with E-state index in [2.05, 4.69) is 19.9 Å². The normalized spacial score (nSPS) is 15.7. The lowest BCUT2D eigenvalue weighted by Gasteiger charge is -2.34. The van der Waals surface area contributed by atoms with Crippen molar-refractivity contribution in [3.63, 3.8) is 0 Å². The van der Waals surface area contributed by atoms with Gasteiger partial charge in [0, 0.05) is 31.2 Å². The summed E-state index contributed by atoms with van der Waals surface area (Å²) >= 11 is 0. The highest BCUT2D eigenvalue weighted by atomic mass is 19.4. The minimum Gasteiger partial charge on any atom is -0.369 e. The number of carbonyl (C=O) groups excluding carboxylic acids is 1.